The number of furan rings is 1. The Morgan fingerprint density at radius 1 is 1.24 bits per heavy atom. The van der Waals surface area contributed by atoms with Crippen molar-refractivity contribution in [3.8, 4) is 11.3 Å². The standard InChI is InChI=1S/C13H9FO3/c14-11-4-2-1-3-10(11)12-7-5-9(17-12)6-8-13(15)16/h1-8H,(H,15,16)/b8-6-. The van der Waals surface area contributed by atoms with E-state index in [-0.39, 0.29) is 5.82 Å². The molecule has 0 amide bonds. The minimum atomic E-state index is -1.06. The maximum atomic E-state index is 13.4. The summed E-state index contributed by atoms with van der Waals surface area (Å²) >= 11 is 0. The average Bonchev–Trinajstić information content (AvgIpc) is 2.75. The first-order valence-electron chi connectivity index (χ1n) is 4.92. The third kappa shape index (κ3) is 2.60. The zero-order valence-corrected chi connectivity index (χ0v) is 8.76. The summed E-state index contributed by atoms with van der Waals surface area (Å²) < 4.78 is 18.7. The maximum absolute atomic E-state index is 13.4. The third-order valence-corrected chi connectivity index (χ3v) is 2.16. The number of carbonyl (C=O) groups is 1. The Kier molecular flexibility index (Phi) is 3.05. The molecule has 2 aromatic rings. The fraction of sp³-hybridized carbons (Fsp3) is 0. The largest absolute Gasteiger partial charge is 0.478 e. The van der Waals surface area contributed by atoms with Crippen molar-refractivity contribution in [3.63, 3.8) is 0 Å². The van der Waals surface area contributed by atoms with Gasteiger partial charge < -0.3 is 9.52 Å². The number of hydrogen-bond donors (Lipinski definition) is 1. The Balaban J connectivity index is 2.30. The zero-order valence-electron chi connectivity index (χ0n) is 8.76. The van der Waals surface area contributed by atoms with E-state index in [1.807, 2.05) is 0 Å². The maximum Gasteiger partial charge on any atom is 0.328 e. The normalized spacial score (nSPS) is 10.9. The number of benzene rings is 1. The second-order valence-electron chi connectivity index (χ2n) is 3.35. The first kappa shape index (κ1) is 11.1. The number of hydrogen-bond acceptors (Lipinski definition) is 2. The molecule has 0 spiro atoms. The summed E-state index contributed by atoms with van der Waals surface area (Å²) in [6.45, 7) is 0. The van der Waals surface area contributed by atoms with Crippen LogP contribution in [0.4, 0.5) is 4.39 Å². The second-order valence-corrected chi connectivity index (χ2v) is 3.35. The minimum Gasteiger partial charge on any atom is -0.478 e. The quantitative estimate of drug-likeness (QED) is 0.827. The first-order chi connectivity index (χ1) is 8.16. The second kappa shape index (κ2) is 4.65. The molecule has 0 aliphatic rings. The van der Waals surface area contributed by atoms with Gasteiger partial charge >= 0.3 is 5.97 Å². The smallest absolute Gasteiger partial charge is 0.328 e. The Hall–Kier alpha value is -2.36. The number of carboxylic acid groups (broad SMARTS) is 1. The molecule has 4 heteroatoms. The van der Waals surface area contributed by atoms with E-state index in [0.717, 1.165) is 6.08 Å². The highest BCUT2D eigenvalue weighted by atomic mass is 19.1. The van der Waals surface area contributed by atoms with Crippen molar-refractivity contribution in [1.29, 1.82) is 0 Å². The van der Waals surface area contributed by atoms with Gasteiger partial charge in [-0.15, -0.1) is 0 Å². The lowest BCUT2D eigenvalue weighted by Crippen LogP contribution is -1.84. The van der Waals surface area contributed by atoms with Crippen molar-refractivity contribution in [1.82, 2.24) is 0 Å². The topological polar surface area (TPSA) is 50.4 Å². The zero-order chi connectivity index (χ0) is 12.3. The van der Waals surface area contributed by atoms with Crippen LogP contribution in [0.1, 0.15) is 5.76 Å². The van der Waals surface area contributed by atoms with Crippen LogP contribution in [0.5, 0.6) is 0 Å². The highest BCUT2D eigenvalue weighted by Gasteiger charge is 2.07. The van der Waals surface area contributed by atoms with E-state index in [1.54, 1.807) is 30.3 Å². The van der Waals surface area contributed by atoms with Crippen LogP contribution in [-0.2, 0) is 4.79 Å². The van der Waals surface area contributed by atoms with E-state index in [9.17, 15) is 9.18 Å². The SMILES string of the molecule is O=C(O)/C=C\c1ccc(-c2ccccc2F)o1. The van der Waals surface area contributed by atoms with Gasteiger partial charge in [0, 0.05) is 6.08 Å². The van der Waals surface area contributed by atoms with E-state index in [4.69, 9.17) is 9.52 Å². The molecule has 1 heterocycles. The van der Waals surface area contributed by atoms with Crippen LogP contribution in [0.25, 0.3) is 17.4 Å². The van der Waals surface area contributed by atoms with Gasteiger partial charge in [-0.1, -0.05) is 12.1 Å². The van der Waals surface area contributed by atoms with Gasteiger partial charge in [0.15, 0.2) is 0 Å². The summed E-state index contributed by atoms with van der Waals surface area (Å²) in [5.74, 6) is -0.705. The summed E-state index contributed by atoms with van der Waals surface area (Å²) in [6.07, 6.45) is 2.27. The molecule has 0 bridgehead atoms. The van der Waals surface area contributed by atoms with Crippen molar-refractivity contribution in [3.05, 3.63) is 54.1 Å². The molecule has 0 saturated heterocycles. The molecule has 0 radical (unpaired) electrons. The average molecular weight is 232 g/mol. The molecule has 17 heavy (non-hydrogen) atoms. The molecule has 0 aliphatic heterocycles. The lowest BCUT2D eigenvalue weighted by molar-refractivity contribution is -0.131. The van der Waals surface area contributed by atoms with Crippen LogP contribution in [0.15, 0.2) is 46.9 Å². The van der Waals surface area contributed by atoms with Gasteiger partial charge in [0.05, 0.1) is 5.56 Å². The van der Waals surface area contributed by atoms with Crippen LogP contribution in [-0.4, -0.2) is 11.1 Å². The molecule has 0 atom stereocenters. The molecule has 0 fully saturated rings. The van der Waals surface area contributed by atoms with E-state index in [1.165, 1.54) is 12.1 Å². The third-order valence-electron chi connectivity index (χ3n) is 2.16. The lowest BCUT2D eigenvalue weighted by Gasteiger charge is -1.97. The first-order valence-corrected chi connectivity index (χ1v) is 4.92. The van der Waals surface area contributed by atoms with Crippen LogP contribution >= 0.6 is 0 Å². The van der Waals surface area contributed by atoms with Crippen LogP contribution < -0.4 is 0 Å². The van der Waals surface area contributed by atoms with E-state index >= 15 is 0 Å². The predicted octanol–water partition coefficient (Wildman–Crippen LogP) is 3.18. The molecular formula is C13H9FO3. The molecule has 0 saturated carbocycles. The van der Waals surface area contributed by atoms with Gasteiger partial charge in [-0.2, -0.15) is 0 Å². The predicted molar refractivity (Wildman–Crippen MR) is 60.8 cm³/mol. The summed E-state index contributed by atoms with van der Waals surface area (Å²) in [5, 5.41) is 8.45. The van der Waals surface area contributed by atoms with Crippen LogP contribution in [0.2, 0.25) is 0 Å². The minimum absolute atomic E-state index is 0.350. The Bertz CT molecular complexity index is 570. The van der Waals surface area contributed by atoms with Crippen molar-refractivity contribution >= 4 is 12.0 Å². The number of rotatable bonds is 3. The highest BCUT2D eigenvalue weighted by Crippen LogP contribution is 2.25. The van der Waals surface area contributed by atoms with Gasteiger partial charge in [0.1, 0.15) is 17.3 Å². The number of halogens is 1. The fourth-order valence-electron chi connectivity index (χ4n) is 1.40. The lowest BCUT2D eigenvalue weighted by atomic mass is 10.1. The molecule has 1 aromatic carbocycles. The van der Waals surface area contributed by atoms with Crippen molar-refractivity contribution in [2.75, 3.05) is 0 Å². The Labute approximate surface area is 96.8 Å². The Morgan fingerprint density at radius 3 is 2.71 bits per heavy atom. The van der Waals surface area contributed by atoms with Gasteiger partial charge in [-0.25, -0.2) is 9.18 Å². The van der Waals surface area contributed by atoms with Gasteiger partial charge in [-0.05, 0) is 30.3 Å². The molecule has 86 valence electrons. The van der Waals surface area contributed by atoms with E-state index < -0.39 is 5.97 Å². The van der Waals surface area contributed by atoms with Crippen LogP contribution in [0.3, 0.4) is 0 Å². The fourth-order valence-corrected chi connectivity index (χ4v) is 1.40. The summed E-state index contributed by atoms with van der Waals surface area (Å²) in [6, 6.07) is 9.41. The molecule has 1 aromatic heterocycles. The van der Waals surface area contributed by atoms with Crippen molar-refractivity contribution in [2.24, 2.45) is 0 Å². The van der Waals surface area contributed by atoms with Gasteiger partial charge in [-0.3, -0.25) is 0 Å². The molecule has 0 unspecified atom stereocenters. The monoisotopic (exact) mass is 232 g/mol. The number of aliphatic carboxylic acids is 1. The molecule has 2 rings (SSSR count). The molecule has 1 N–H and O–H groups in total. The Morgan fingerprint density at radius 2 is 2.00 bits per heavy atom. The summed E-state index contributed by atoms with van der Waals surface area (Å²) in [5.41, 5.74) is 0.350. The van der Waals surface area contributed by atoms with Crippen molar-refractivity contribution in [2.45, 2.75) is 0 Å². The van der Waals surface area contributed by atoms with E-state index in [0.29, 0.717) is 17.1 Å². The molecule has 3 nitrogen and oxygen atoms in total. The number of carboxylic acids is 1. The van der Waals surface area contributed by atoms with Crippen molar-refractivity contribution < 1.29 is 18.7 Å². The molecule has 0 aliphatic carbocycles. The van der Waals surface area contributed by atoms with E-state index in [2.05, 4.69) is 0 Å². The highest BCUT2D eigenvalue weighted by molar-refractivity contribution is 5.84. The summed E-state index contributed by atoms with van der Waals surface area (Å²) in [7, 11) is 0. The summed E-state index contributed by atoms with van der Waals surface area (Å²) in [4.78, 5) is 10.3. The van der Waals surface area contributed by atoms with Crippen LogP contribution in [0, 0.1) is 5.82 Å². The van der Waals surface area contributed by atoms with Gasteiger partial charge in [0.2, 0.25) is 0 Å². The molecular weight excluding hydrogens is 223 g/mol. The van der Waals surface area contributed by atoms with Gasteiger partial charge in [0.25, 0.3) is 0 Å².